The van der Waals surface area contributed by atoms with Gasteiger partial charge in [-0.25, -0.2) is 9.37 Å². The Hall–Kier alpha value is -2.74. The molecule has 0 aliphatic carbocycles. The molecule has 0 bridgehead atoms. The van der Waals surface area contributed by atoms with Crippen LogP contribution < -0.4 is 9.80 Å². The molecule has 0 N–H and O–H groups in total. The van der Waals surface area contributed by atoms with E-state index in [1.165, 1.54) is 12.1 Å². The van der Waals surface area contributed by atoms with E-state index in [1.54, 1.807) is 17.0 Å². The Bertz CT molecular complexity index is 883. The van der Waals surface area contributed by atoms with Gasteiger partial charge in [0.05, 0.1) is 25.5 Å². The lowest BCUT2D eigenvalue weighted by Gasteiger charge is -2.33. The quantitative estimate of drug-likeness (QED) is 0.802. The van der Waals surface area contributed by atoms with Crippen LogP contribution >= 0.6 is 0 Å². The first-order valence-electron chi connectivity index (χ1n) is 9.47. The minimum atomic E-state index is -0.407. The fourth-order valence-corrected chi connectivity index (χ4v) is 3.64. The summed E-state index contributed by atoms with van der Waals surface area (Å²) in [5, 5.41) is 0. The minimum Gasteiger partial charge on any atom is -0.378 e. The van der Waals surface area contributed by atoms with Gasteiger partial charge in [-0.05, 0) is 18.2 Å². The molecule has 0 saturated carbocycles. The first-order valence-corrected chi connectivity index (χ1v) is 9.47. The van der Waals surface area contributed by atoms with Crippen molar-refractivity contribution in [2.24, 2.45) is 0 Å². The van der Waals surface area contributed by atoms with Crippen LogP contribution in [0.25, 0.3) is 0 Å². The van der Waals surface area contributed by atoms with Gasteiger partial charge in [0.25, 0.3) is 5.91 Å². The molecule has 28 heavy (non-hydrogen) atoms. The van der Waals surface area contributed by atoms with E-state index >= 15 is 0 Å². The molecule has 0 atom stereocenters. The third-order valence-corrected chi connectivity index (χ3v) is 5.10. The van der Waals surface area contributed by atoms with Crippen LogP contribution in [0.3, 0.4) is 0 Å². The van der Waals surface area contributed by atoms with Crippen molar-refractivity contribution in [1.82, 2.24) is 14.9 Å². The van der Waals surface area contributed by atoms with E-state index in [1.807, 2.05) is 19.0 Å². The van der Waals surface area contributed by atoms with Crippen molar-refractivity contribution in [3.8, 4) is 0 Å². The van der Waals surface area contributed by atoms with Crippen LogP contribution in [0.2, 0.25) is 0 Å². The number of amides is 1. The zero-order valence-corrected chi connectivity index (χ0v) is 16.2. The van der Waals surface area contributed by atoms with Gasteiger partial charge >= 0.3 is 0 Å². The maximum Gasteiger partial charge on any atom is 0.254 e. The molecule has 7 nitrogen and oxygen atoms in total. The molecule has 8 heteroatoms. The standard InChI is InChI=1S/C20H24FN5O2/c1-24(2)18-16-13-26(19(27)14-4-3-5-15(21)12-14)7-6-17(16)22-20(23-18)25-8-10-28-11-9-25/h3-5,12H,6-11,13H2,1-2H3. The van der Waals surface area contributed by atoms with Gasteiger partial charge in [0.1, 0.15) is 11.6 Å². The normalized spacial score (nSPS) is 16.7. The van der Waals surface area contributed by atoms with Crippen LogP contribution in [0.5, 0.6) is 0 Å². The molecule has 4 rings (SSSR count). The predicted molar refractivity (Wildman–Crippen MR) is 104 cm³/mol. The fourth-order valence-electron chi connectivity index (χ4n) is 3.64. The molecular weight excluding hydrogens is 361 g/mol. The second-order valence-corrected chi connectivity index (χ2v) is 7.25. The zero-order valence-electron chi connectivity index (χ0n) is 16.2. The van der Waals surface area contributed by atoms with Gasteiger partial charge in [-0.15, -0.1) is 0 Å². The van der Waals surface area contributed by atoms with Crippen molar-refractivity contribution in [2.45, 2.75) is 13.0 Å². The summed E-state index contributed by atoms with van der Waals surface area (Å²) in [5.41, 5.74) is 2.29. The number of benzene rings is 1. The topological polar surface area (TPSA) is 61.8 Å². The summed E-state index contributed by atoms with van der Waals surface area (Å²) in [4.78, 5) is 28.2. The number of fused-ring (bicyclic) bond motifs is 1. The summed E-state index contributed by atoms with van der Waals surface area (Å²) >= 11 is 0. The fraction of sp³-hybridized carbons (Fsp3) is 0.450. The Kier molecular flexibility index (Phi) is 5.13. The molecule has 1 fully saturated rings. The molecule has 2 aromatic rings. The summed E-state index contributed by atoms with van der Waals surface area (Å²) in [6.45, 7) is 3.86. The lowest BCUT2D eigenvalue weighted by Crippen LogP contribution is -2.40. The van der Waals surface area contributed by atoms with Crippen molar-refractivity contribution < 1.29 is 13.9 Å². The monoisotopic (exact) mass is 385 g/mol. The zero-order chi connectivity index (χ0) is 19.7. The number of halogens is 1. The van der Waals surface area contributed by atoms with Crippen LogP contribution in [0.15, 0.2) is 24.3 Å². The summed E-state index contributed by atoms with van der Waals surface area (Å²) in [6, 6.07) is 5.82. The van der Waals surface area contributed by atoms with Gasteiger partial charge in [-0.2, -0.15) is 4.98 Å². The Labute approximate surface area is 163 Å². The van der Waals surface area contributed by atoms with Crippen molar-refractivity contribution in [3.05, 3.63) is 46.9 Å². The van der Waals surface area contributed by atoms with Gasteiger partial charge < -0.3 is 19.4 Å². The van der Waals surface area contributed by atoms with E-state index in [2.05, 4.69) is 4.90 Å². The molecule has 1 amide bonds. The second kappa shape index (κ2) is 7.71. The Balaban J connectivity index is 1.63. The third kappa shape index (κ3) is 3.64. The lowest BCUT2D eigenvalue weighted by molar-refractivity contribution is 0.0733. The van der Waals surface area contributed by atoms with Crippen LogP contribution in [0.1, 0.15) is 21.6 Å². The molecule has 1 aromatic carbocycles. The summed E-state index contributed by atoms with van der Waals surface area (Å²) in [5.74, 6) is 0.960. The van der Waals surface area contributed by atoms with Gasteiger partial charge in [0.15, 0.2) is 0 Å². The first-order chi connectivity index (χ1) is 13.5. The van der Waals surface area contributed by atoms with E-state index in [4.69, 9.17) is 14.7 Å². The maximum absolute atomic E-state index is 13.5. The summed E-state index contributed by atoms with van der Waals surface area (Å²) in [7, 11) is 3.89. The molecule has 0 radical (unpaired) electrons. The molecule has 1 aromatic heterocycles. The highest BCUT2D eigenvalue weighted by atomic mass is 19.1. The van der Waals surface area contributed by atoms with E-state index in [-0.39, 0.29) is 5.91 Å². The first kappa shape index (κ1) is 18.6. The molecule has 148 valence electrons. The number of hydrogen-bond donors (Lipinski definition) is 0. The van der Waals surface area contributed by atoms with Gasteiger partial charge in [-0.3, -0.25) is 4.79 Å². The number of rotatable bonds is 3. The van der Waals surface area contributed by atoms with Crippen LogP contribution in [-0.4, -0.2) is 67.7 Å². The third-order valence-electron chi connectivity index (χ3n) is 5.10. The number of carbonyl (C=O) groups excluding carboxylic acids is 1. The largest absolute Gasteiger partial charge is 0.378 e. The smallest absolute Gasteiger partial charge is 0.254 e. The van der Waals surface area contributed by atoms with Gasteiger partial charge in [0, 0.05) is 51.3 Å². The number of nitrogens with zero attached hydrogens (tertiary/aromatic N) is 5. The molecule has 2 aliphatic rings. The Morgan fingerprint density at radius 1 is 1.18 bits per heavy atom. The van der Waals surface area contributed by atoms with Gasteiger partial charge in [-0.1, -0.05) is 6.07 Å². The molecule has 0 spiro atoms. The Morgan fingerprint density at radius 3 is 2.68 bits per heavy atom. The predicted octanol–water partition coefficient (Wildman–Crippen LogP) is 1.72. The highest BCUT2D eigenvalue weighted by Crippen LogP contribution is 2.29. The minimum absolute atomic E-state index is 0.174. The molecule has 0 unspecified atom stereocenters. The summed E-state index contributed by atoms with van der Waals surface area (Å²) in [6.07, 6.45) is 0.650. The summed E-state index contributed by atoms with van der Waals surface area (Å²) < 4.78 is 18.9. The highest BCUT2D eigenvalue weighted by molar-refractivity contribution is 5.94. The highest BCUT2D eigenvalue weighted by Gasteiger charge is 2.28. The lowest BCUT2D eigenvalue weighted by atomic mass is 10.0. The van der Waals surface area contributed by atoms with E-state index in [9.17, 15) is 9.18 Å². The maximum atomic E-state index is 13.5. The number of carbonyl (C=O) groups is 1. The SMILES string of the molecule is CN(C)c1nc(N2CCOCC2)nc2c1CN(C(=O)c1cccc(F)c1)CC2. The number of anilines is 2. The number of morpholine rings is 1. The van der Waals surface area contributed by atoms with Crippen LogP contribution in [0, 0.1) is 5.82 Å². The number of hydrogen-bond acceptors (Lipinski definition) is 6. The number of aromatic nitrogens is 2. The number of ether oxygens (including phenoxy) is 1. The van der Waals surface area contributed by atoms with Crippen molar-refractivity contribution in [2.75, 3.05) is 56.7 Å². The molecule has 1 saturated heterocycles. The van der Waals surface area contributed by atoms with E-state index in [0.717, 1.165) is 36.1 Å². The molecule has 2 aliphatic heterocycles. The van der Waals surface area contributed by atoms with Crippen LogP contribution in [0.4, 0.5) is 16.2 Å². The van der Waals surface area contributed by atoms with E-state index in [0.29, 0.717) is 38.3 Å². The van der Waals surface area contributed by atoms with Crippen molar-refractivity contribution in [3.63, 3.8) is 0 Å². The van der Waals surface area contributed by atoms with E-state index < -0.39 is 5.82 Å². The van der Waals surface area contributed by atoms with Gasteiger partial charge in [0.2, 0.25) is 5.95 Å². The van der Waals surface area contributed by atoms with Crippen molar-refractivity contribution >= 4 is 17.7 Å². The molecular formula is C20H24FN5O2. The Morgan fingerprint density at radius 2 is 1.96 bits per heavy atom. The van der Waals surface area contributed by atoms with Crippen molar-refractivity contribution in [1.29, 1.82) is 0 Å². The molecule has 3 heterocycles. The average molecular weight is 385 g/mol. The van der Waals surface area contributed by atoms with Crippen LogP contribution in [-0.2, 0) is 17.7 Å². The average Bonchev–Trinajstić information content (AvgIpc) is 2.72. The second-order valence-electron chi connectivity index (χ2n) is 7.25.